The Morgan fingerprint density at radius 1 is 1.03 bits per heavy atom. The van der Waals surface area contributed by atoms with Crippen molar-refractivity contribution < 1.29 is 14.4 Å². The number of fused-ring (bicyclic) bond motifs is 1. The van der Waals surface area contributed by atoms with E-state index in [2.05, 4.69) is 15.6 Å². The first-order valence-electron chi connectivity index (χ1n) is 11.6. The molecular weight excluding hydrogens is 432 g/mol. The molecule has 0 aliphatic heterocycles. The van der Waals surface area contributed by atoms with Crippen LogP contribution in [-0.4, -0.2) is 33.2 Å². The highest BCUT2D eigenvalue weighted by Crippen LogP contribution is 2.18. The third-order valence-electron chi connectivity index (χ3n) is 6.08. The lowest BCUT2D eigenvalue weighted by Gasteiger charge is -2.14. The minimum Gasteiger partial charge on any atom is -0.353 e. The van der Waals surface area contributed by atoms with Crippen LogP contribution >= 0.6 is 0 Å². The van der Waals surface area contributed by atoms with Crippen LogP contribution in [0.15, 0.2) is 53.3 Å². The van der Waals surface area contributed by atoms with Gasteiger partial charge in [-0.15, -0.1) is 0 Å². The summed E-state index contributed by atoms with van der Waals surface area (Å²) in [5.74, 6) is -0.589. The average molecular weight is 461 g/mol. The molecule has 0 atom stereocenters. The Balaban J connectivity index is 1.53. The van der Waals surface area contributed by atoms with E-state index < -0.39 is 5.91 Å². The Kier molecular flexibility index (Phi) is 7.15. The number of anilines is 1. The number of aryl methyl sites for hydroxylation is 1. The Bertz CT molecular complexity index is 1290. The number of nitrogens with one attached hydrogen (secondary N) is 2. The van der Waals surface area contributed by atoms with E-state index >= 15 is 0 Å². The SMILES string of the molecule is CC(=O)c1cccc(NC(=O)Cn2c(=O)c(CCC(=O)NC3CCCC3)nc3ccccc32)c1. The van der Waals surface area contributed by atoms with E-state index in [4.69, 9.17) is 0 Å². The lowest BCUT2D eigenvalue weighted by molar-refractivity contribution is -0.121. The van der Waals surface area contributed by atoms with Crippen molar-refractivity contribution in [3.05, 3.63) is 70.1 Å². The fourth-order valence-electron chi connectivity index (χ4n) is 4.33. The second-order valence-corrected chi connectivity index (χ2v) is 8.67. The number of Topliss-reactive ketones (excluding diaryl/α,β-unsaturated/α-hetero) is 1. The Morgan fingerprint density at radius 3 is 2.56 bits per heavy atom. The first-order valence-corrected chi connectivity index (χ1v) is 11.6. The highest BCUT2D eigenvalue weighted by atomic mass is 16.2. The molecule has 1 aliphatic rings. The lowest BCUT2D eigenvalue weighted by Crippen LogP contribution is -2.34. The smallest absolute Gasteiger partial charge is 0.273 e. The van der Waals surface area contributed by atoms with Crippen molar-refractivity contribution in [1.82, 2.24) is 14.9 Å². The number of ketones is 1. The van der Waals surface area contributed by atoms with Crippen LogP contribution in [0.4, 0.5) is 5.69 Å². The Morgan fingerprint density at radius 2 is 1.79 bits per heavy atom. The summed E-state index contributed by atoms with van der Waals surface area (Å²) in [7, 11) is 0. The van der Waals surface area contributed by atoms with Gasteiger partial charge in [0.15, 0.2) is 5.78 Å². The molecular formula is C26H28N4O4. The maximum atomic E-state index is 13.2. The number of hydrogen-bond acceptors (Lipinski definition) is 5. The van der Waals surface area contributed by atoms with Gasteiger partial charge < -0.3 is 10.6 Å². The van der Waals surface area contributed by atoms with Crippen LogP contribution in [0.5, 0.6) is 0 Å². The van der Waals surface area contributed by atoms with E-state index in [0.29, 0.717) is 22.3 Å². The van der Waals surface area contributed by atoms with Gasteiger partial charge in [0.1, 0.15) is 12.2 Å². The molecule has 2 aromatic carbocycles. The average Bonchev–Trinajstić information content (AvgIpc) is 3.33. The minimum atomic E-state index is -0.399. The van der Waals surface area contributed by atoms with Gasteiger partial charge in [0.25, 0.3) is 5.56 Å². The van der Waals surface area contributed by atoms with Crippen molar-refractivity contribution in [3.8, 4) is 0 Å². The molecule has 176 valence electrons. The van der Waals surface area contributed by atoms with Crippen molar-refractivity contribution in [2.45, 2.75) is 58.0 Å². The van der Waals surface area contributed by atoms with Crippen LogP contribution in [0.3, 0.4) is 0 Å². The van der Waals surface area contributed by atoms with E-state index in [9.17, 15) is 19.2 Å². The predicted molar refractivity (Wildman–Crippen MR) is 130 cm³/mol. The molecule has 1 heterocycles. The third-order valence-corrected chi connectivity index (χ3v) is 6.08. The van der Waals surface area contributed by atoms with E-state index in [-0.39, 0.29) is 48.4 Å². The molecule has 3 aromatic rings. The molecule has 2 N–H and O–H groups in total. The zero-order valence-electron chi connectivity index (χ0n) is 19.2. The number of aromatic nitrogens is 2. The summed E-state index contributed by atoms with van der Waals surface area (Å²) in [4.78, 5) is 54.5. The Hall–Kier alpha value is -3.81. The number of carbonyl (C=O) groups excluding carboxylic acids is 3. The summed E-state index contributed by atoms with van der Waals surface area (Å²) in [5.41, 5.74) is 1.96. The first-order chi connectivity index (χ1) is 16.4. The monoisotopic (exact) mass is 460 g/mol. The van der Waals surface area contributed by atoms with Crippen LogP contribution in [0.2, 0.25) is 0 Å². The quantitative estimate of drug-likeness (QED) is 0.502. The topological polar surface area (TPSA) is 110 Å². The number of benzene rings is 2. The van der Waals surface area contributed by atoms with Gasteiger partial charge in [0.05, 0.1) is 11.0 Å². The van der Waals surface area contributed by atoms with Crippen LogP contribution in [-0.2, 0) is 22.6 Å². The highest BCUT2D eigenvalue weighted by molar-refractivity contribution is 5.97. The van der Waals surface area contributed by atoms with E-state index in [1.54, 1.807) is 42.5 Å². The van der Waals surface area contributed by atoms with Crippen LogP contribution in [0.1, 0.15) is 55.1 Å². The molecule has 0 unspecified atom stereocenters. The van der Waals surface area contributed by atoms with E-state index in [1.165, 1.54) is 11.5 Å². The molecule has 0 spiro atoms. The zero-order chi connectivity index (χ0) is 24.1. The molecule has 34 heavy (non-hydrogen) atoms. The number of nitrogens with zero attached hydrogens (tertiary/aromatic N) is 2. The summed E-state index contributed by atoms with van der Waals surface area (Å²) in [6, 6.07) is 14.0. The molecule has 0 saturated heterocycles. The third kappa shape index (κ3) is 5.57. The number of carbonyl (C=O) groups is 3. The number of para-hydroxylation sites is 2. The maximum absolute atomic E-state index is 13.2. The van der Waals surface area contributed by atoms with Crippen molar-refractivity contribution in [3.63, 3.8) is 0 Å². The summed E-state index contributed by atoms with van der Waals surface area (Å²) in [6.07, 6.45) is 4.62. The summed E-state index contributed by atoms with van der Waals surface area (Å²) >= 11 is 0. The van der Waals surface area contributed by atoms with Crippen LogP contribution in [0.25, 0.3) is 11.0 Å². The number of hydrogen-bond donors (Lipinski definition) is 2. The van der Waals surface area contributed by atoms with Crippen molar-refractivity contribution in [1.29, 1.82) is 0 Å². The van der Waals surface area contributed by atoms with Crippen molar-refractivity contribution in [2.75, 3.05) is 5.32 Å². The van der Waals surface area contributed by atoms with Crippen molar-refractivity contribution >= 4 is 34.3 Å². The van der Waals surface area contributed by atoms with Gasteiger partial charge in [0, 0.05) is 30.1 Å². The molecule has 4 rings (SSSR count). The van der Waals surface area contributed by atoms with Gasteiger partial charge in [-0.2, -0.15) is 0 Å². The largest absolute Gasteiger partial charge is 0.353 e. The summed E-state index contributed by atoms with van der Waals surface area (Å²) in [6.45, 7) is 1.24. The predicted octanol–water partition coefficient (Wildman–Crippen LogP) is 3.23. The normalized spacial score (nSPS) is 13.7. The molecule has 0 bridgehead atoms. The fraction of sp³-hybridized carbons (Fsp3) is 0.346. The van der Waals surface area contributed by atoms with Gasteiger partial charge in [-0.25, -0.2) is 4.98 Å². The number of amides is 2. The molecule has 1 aromatic heterocycles. The van der Waals surface area contributed by atoms with Gasteiger partial charge in [-0.1, -0.05) is 37.1 Å². The summed E-state index contributed by atoms with van der Waals surface area (Å²) in [5, 5.41) is 5.78. The van der Waals surface area contributed by atoms with E-state index in [1.807, 2.05) is 6.07 Å². The highest BCUT2D eigenvalue weighted by Gasteiger charge is 2.19. The second-order valence-electron chi connectivity index (χ2n) is 8.67. The van der Waals surface area contributed by atoms with Gasteiger partial charge >= 0.3 is 0 Å². The van der Waals surface area contributed by atoms with Gasteiger partial charge in [-0.3, -0.25) is 23.7 Å². The lowest BCUT2D eigenvalue weighted by atomic mass is 10.1. The van der Waals surface area contributed by atoms with Gasteiger partial charge in [-0.05, 0) is 44.0 Å². The maximum Gasteiger partial charge on any atom is 0.273 e. The van der Waals surface area contributed by atoms with Crippen molar-refractivity contribution in [2.24, 2.45) is 0 Å². The van der Waals surface area contributed by atoms with Gasteiger partial charge in [0.2, 0.25) is 11.8 Å². The molecule has 8 nitrogen and oxygen atoms in total. The Labute approximate surface area is 197 Å². The molecule has 8 heteroatoms. The molecule has 1 saturated carbocycles. The second kappa shape index (κ2) is 10.4. The molecule has 1 aliphatic carbocycles. The molecule has 0 radical (unpaired) electrons. The minimum absolute atomic E-state index is 0.0871. The first kappa shape index (κ1) is 23.4. The van der Waals surface area contributed by atoms with Crippen LogP contribution in [0, 0.1) is 0 Å². The molecule has 2 amide bonds. The summed E-state index contributed by atoms with van der Waals surface area (Å²) < 4.78 is 1.39. The molecule has 1 fully saturated rings. The van der Waals surface area contributed by atoms with Crippen LogP contribution < -0.4 is 16.2 Å². The standard InChI is InChI=1S/C26H28N4O4/c1-17(31)18-7-6-10-20(15-18)28-25(33)16-30-23-12-5-4-11-21(23)29-22(26(30)34)13-14-24(32)27-19-8-2-3-9-19/h4-7,10-12,15,19H,2-3,8-9,13-14,16H2,1H3,(H,27,32)(H,28,33). The van der Waals surface area contributed by atoms with E-state index in [0.717, 1.165) is 25.7 Å². The zero-order valence-corrected chi connectivity index (χ0v) is 19.2. The fourth-order valence-corrected chi connectivity index (χ4v) is 4.33. The number of rotatable bonds is 8.